The topological polar surface area (TPSA) is 316 Å². The lowest BCUT2D eigenvalue weighted by Crippen LogP contribution is -2.14. The van der Waals surface area contributed by atoms with Crippen LogP contribution < -0.4 is 10.2 Å². The lowest BCUT2D eigenvalue weighted by atomic mass is 10.1. The molecule has 0 aliphatic heterocycles. The lowest BCUT2D eigenvalue weighted by molar-refractivity contribution is 0.471. The van der Waals surface area contributed by atoms with Gasteiger partial charge in [0.25, 0.3) is 40.5 Å². The molecule has 0 aliphatic carbocycles. The Morgan fingerprint density at radius 2 is 1.27 bits per heavy atom. The van der Waals surface area contributed by atoms with E-state index in [0.717, 1.165) is 11.8 Å². The second-order valence-corrected chi connectivity index (χ2v) is 17.2. The fourth-order valence-corrected chi connectivity index (χ4v) is 8.04. The molecule has 0 fully saturated rings. The fraction of sp³-hybridized carbons (Fsp3) is 0.0333. The molecule has 55 heavy (non-hydrogen) atoms. The molecule has 0 bridgehead atoms. The van der Waals surface area contributed by atoms with E-state index in [9.17, 15) is 57.0 Å². The minimum absolute atomic E-state index is 0.00683. The maximum atomic E-state index is 12.5. The van der Waals surface area contributed by atoms with Crippen LogP contribution in [0.5, 0.6) is 5.75 Å². The summed E-state index contributed by atoms with van der Waals surface area (Å²) in [6.07, 6.45) is 0. The number of benzene rings is 5. The van der Waals surface area contributed by atoms with Gasteiger partial charge in [-0.25, -0.2) is 0 Å². The third-order valence-electron chi connectivity index (χ3n) is 7.70. The van der Waals surface area contributed by atoms with Gasteiger partial charge < -0.3 is 15.3 Å². The van der Waals surface area contributed by atoms with Gasteiger partial charge in [-0.3, -0.25) is 18.2 Å². The van der Waals surface area contributed by atoms with Gasteiger partial charge in [-0.1, -0.05) is 18.2 Å². The summed E-state index contributed by atoms with van der Waals surface area (Å²) in [6.45, 7) is 0. The average molecular weight is 852 g/mol. The monoisotopic (exact) mass is 851 g/mol. The number of para-hydroxylation sites is 1. The van der Waals surface area contributed by atoms with Crippen molar-refractivity contribution < 1.29 is 57.0 Å². The van der Waals surface area contributed by atoms with Gasteiger partial charge in [0.05, 0.1) is 4.90 Å². The molecule has 0 saturated carbocycles. The lowest BCUT2D eigenvalue weighted by Gasteiger charge is -2.17. The predicted molar refractivity (Wildman–Crippen MR) is 196 cm³/mol. The third-order valence-corrected chi connectivity index (χ3v) is 11.3. The minimum Gasteiger partial charge on any atom is -0.505 e. The van der Waals surface area contributed by atoms with E-state index in [4.69, 9.17) is 11.6 Å². The molecule has 1 heterocycles. The van der Waals surface area contributed by atoms with Crippen LogP contribution in [0.15, 0.2) is 109 Å². The first kappa shape index (κ1) is 39.3. The molecule has 0 amide bonds. The summed E-state index contributed by atoms with van der Waals surface area (Å²) >= 11 is 6.15. The van der Waals surface area contributed by atoms with Crippen LogP contribution in [0, 0.1) is 0 Å². The van der Waals surface area contributed by atoms with Crippen LogP contribution in [0.1, 0.15) is 0 Å². The number of halogens is 1. The Morgan fingerprint density at radius 3 is 1.89 bits per heavy atom. The SMILES string of the molecule is CN(c1ccccc1)c1nc(Cl)nc(Nc2ccc3c(O)c(N=Nc4cc5c(S(=O)(=O)O)cc(S(=O)(=O)O)cc5cc4S(=O)(=O)O)c(S(=O)(=O)O)cc3c2)n1. The first-order valence-electron chi connectivity index (χ1n) is 14.7. The Morgan fingerprint density at radius 1 is 0.655 bits per heavy atom. The van der Waals surface area contributed by atoms with Crippen molar-refractivity contribution >= 4 is 108 Å². The van der Waals surface area contributed by atoms with Crippen molar-refractivity contribution in [1.29, 1.82) is 0 Å². The summed E-state index contributed by atoms with van der Waals surface area (Å²) < 4.78 is 137. The quantitative estimate of drug-likeness (QED) is 0.0737. The second-order valence-electron chi connectivity index (χ2n) is 11.3. The number of nitrogens with zero attached hydrogens (tertiary/aromatic N) is 6. The Bertz CT molecular complexity index is 3060. The molecule has 6 rings (SSSR count). The van der Waals surface area contributed by atoms with Crippen molar-refractivity contribution in [3.8, 4) is 5.75 Å². The van der Waals surface area contributed by atoms with Crippen LogP contribution in [-0.4, -0.2) is 79.0 Å². The van der Waals surface area contributed by atoms with Gasteiger partial charge in [-0.05, 0) is 83.0 Å². The molecule has 0 spiro atoms. The zero-order valence-electron chi connectivity index (χ0n) is 27.2. The largest absolute Gasteiger partial charge is 0.505 e. The molecular formula is C30H22ClN7O13S4. The fourth-order valence-electron chi connectivity index (χ4n) is 5.23. The first-order valence-corrected chi connectivity index (χ1v) is 20.8. The normalized spacial score (nSPS) is 12.8. The van der Waals surface area contributed by atoms with E-state index in [2.05, 4.69) is 30.5 Å². The van der Waals surface area contributed by atoms with Crippen molar-refractivity contribution in [2.24, 2.45) is 10.2 Å². The van der Waals surface area contributed by atoms with Gasteiger partial charge in [0.15, 0.2) is 5.75 Å². The van der Waals surface area contributed by atoms with E-state index in [-0.39, 0.29) is 33.6 Å². The smallest absolute Gasteiger partial charge is 0.296 e. The number of phenolic OH excluding ortho intramolecular Hbond substituents is 1. The zero-order chi connectivity index (χ0) is 40.2. The molecule has 25 heteroatoms. The Labute approximate surface area is 315 Å². The van der Waals surface area contributed by atoms with E-state index in [0.29, 0.717) is 24.3 Å². The van der Waals surface area contributed by atoms with E-state index in [1.165, 1.54) is 18.2 Å². The molecule has 0 unspecified atom stereocenters. The highest BCUT2D eigenvalue weighted by Gasteiger charge is 2.26. The summed E-state index contributed by atoms with van der Waals surface area (Å²) in [5.74, 6) is -0.768. The second kappa shape index (κ2) is 14.0. The van der Waals surface area contributed by atoms with E-state index >= 15 is 0 Å². The molecule has 0 radical (unpaired) electrons. The highest BCUT2D eigenvalue weighted by molar-refractivity contribution is 7.87. The minimum atomic E-state index is -5.30. The molecule has 6 aromatic rings. The highest BCUT2D eigenvalue weighted by Crippen LogP contribution is 2.43. The number of hydrogen-bond acceptors (Lipinski definition) is 16. The summed E-state index contributed by atoms with van der Waals surface area (Å²) in [7, 11) is -19.2. The number of rotatable bonds is 10. The summed E-state index contributed by atoms with van der Waals surface area (Å²) in [5.41, 5.74) is -0.881. The number of fused-ring (bicyclic) bond motifs is 2. The Kier molecular flexibility index (Phi) is 10.00. The molecule has 20 nitrogen and oxygen atoms in total. The van der Waals surface area contributed by atoms with Gasteiger partial charge in [0.1, 0.15) is 26.1 Å². The maximum absolute atomic E-state index is 12.5. The molecule has 0 atom stereocenters. The molecule has 0 aliphatic rings. The zero-order valence-corrected chi connectivity index (χ0v) is 31.2. The van der Waals surface area contributed by atoms with Gasteiger partial charge >= 0.3 is 0 Å². The highest BCUT2D eigenvalue weighted by atomic mass is 35.5. The van der Waals surface area contributed by atoms with Gasteiger partial charge in [-0.2, -0.15) is 48.6 Å². The standard InChI is InChI=1S/C30H22ClN7O13S4/c1-38(18-5-3-2-4-6-18)30-34-28(31)33-29(35-30)32-17-7-8-20-15(9-17)12-25(55(49,50)51)26(27(20)39)37-36-22-14-21-16(11-24(22)54(46,47)48)10-19(52(40,41)42)13-23(21)53(43,44)45/h2-14,39H,1H3,(H,40,41,42)(H,43,44,45)(H,46,47,48)(H,49,50,51)(H,32,33,34,35). The maximum Gasteiger partial charge on any atom is 0.296 e. The number of hydrogen-bond donors (Lipinski definition) is 6. The Balaban J connectivity index is 1.46. The molecule has 0 saturated heterocycles. The first-order chi connectivity index (χ1) is 25.5. The molecule has 6 N–H and O–H groups in total. The van der Waals surface area contributed by atoms with E-state index in [1.807, 2.05) is 6.07 Å². The van der Waals surface area contributed by atoms with Crippen LogP contribution >= 0.6 is 11.6 Å². The predicted octanol–water partition coefficient (Wildman–Crippen LogP) is 5.45. The van der Waals surface area contributed by atoms with Crippen LogP contribution in [0.25, 0.3) is 21.5 Å². The molecule has 1 aromatic heterocycles. The van der Waals surface area contributed by atoms with Crippen molar-refractivity contribution in [1.82, 2.24) is 15.0 Å². The Hall–Kier alpha value is -5.44. The van der Waals surface area contributed by atoms with Crippen LogP contribution in [0.3, 0.4) is 0 Å². The summed E-state index contributed by atoms with van der Waals surface area (Å²) in [6, 6.07) is 16.1. The van der Waals surface area contributed by atoms with Crippen LogP contribution in [0.2, 0.25) is 5.28 Å². The van der Waals surface area contributed by atoms with E-state index < -0.39 is 88.0 Å². The summed E-state index contributed by atoms with van der Waals surface area (Å²) in [5, 5.41) is 19.9. The van der Waals surface area contributed by atoms with Gasteiger partial charge in [-0.15, -0.1) is 10.2 Å². The van der Waals surface area contributed by atoms with Crippen LogP contribution in [-0.2, 0) is 40.5 Å². The number of azo groups is 1. The van der Waals surface area contributed by atoms with E-state index in [1.54, 1.807) is 36.2 Å². The molecular weight excluding hydrogens is 830 g/mol. The van der Waals surface area contributed by atoms with Gasteiger partial charge in [0.2, 0.25) is 17.2 Å². The summed E-state index contributed by atoms with van der Waals surface area (Å²) in [4.78, 5) is 9.77. The number of aromatic hydroxyl groups is 1. The molecule has 5 aromatic carbocycles. The third kappa shape index (κ3) is 8.31. The van der Waals surface area contributed by atoms with Crippen molar-refractivity contribution in [3.05, 3.63) is 84.1 Å². The van der Waals surface area contributed by atoms with Crippen molar-refractivity contribution in [3.63, 3.8) is 0 Å². The average Bonchev–Trinajstić information content (AvgIpc) is 3.08. The molecule has 286 valence electrons. The number of phenols is 1. The van der Waals surface area contributed by atoms with Crippen molar-refractivity contribution in [2.75, 3.05) is 17.3 Å². The van der Waals surface area contributed by atoms with Crippen LogP contribution in [0.4, 0.5) is 34.6 Å². The van der Waals surface area contributed by atoms with Crippen molar-refractivity contribution in [2.45, 2.75) is 19.6 Å². The number of aromatic nitrogens is 3. The van der Waals surface area contributed by atoms with Gasteiger partial charge in [0, 0.05) is 29.2 Å². The number of nitrogens with one attached hydrogen (secondary N) is 1. The number of anilines is 4.